The molecule has 0 N–H and O–H groups in total. The molecule has 1 amide bonds. The monoisotopic (exact) mass is 378 g/mol. The molecular formula is C19H23ClN2O2S. The number of halogens is 1. The second-order valence-corrected chi connectivity index (χ2v) is 8.53. The molecule has 5 heterocycles. The molecule has 1 aromatic heterocycles. The second-order valence-electron chi connectivity index (χ2n) is 7.36. The number of rotatable bonds is 2. The zero-order valence-electron chi connectivity index (χ0n) is 14.4. The summed E-state index contributed by atoms with van der Waals surface area (Å²) in [4.78, 5) is 18.3. The van der Waals surface area contributed by atoms with E-state index in [-0.39, 0.29) is 24.1 Å². The molecule has 0 unspecified atom stereocenters. The van der Waals surface area contributed by atoms with Crippen LogP contribution >= 0.6 is 23.7 Å². The lowest BCUT2D eigenvalue weighted by atomic mass is 9.75. The molecule has 4 saturated heterocycles. The average Bonchev–Trinajstić information content (AvgIpc) is 3.16. The number of thiophene rings is 1. The lowest BCUT2D eigenvalue weighted by Crippen LogP contribution is -2.61. The maximum atomic E-state index is 12.6. The summed E-state index contributed by atoms with van der Waals surface area (Å²) < 4.78 is 7.27. The lowest BCUT2D eigenvalue weighted by molar-refractivity contribution is -0.0881. The van der Waals surface area contributed by atoms with Crippen molar-refractivity contribution in [3.8, 4) is 0 Å². The Labute approximate surface area is 158 Å². The second kappa shape index (κ2) is 6.15. The first-order chi connectivity index (χ1) is 11.7. The molecule has 1 spiro atoms. The standard InChI is InChI=1S/C19H22N2O2S.ClH/c1-2-16-10-13-9-15(3-4-17(13)24-16)21-12-19(23-18(21)22)11-20-7-5-14(19)6-8-20;/h3-4,9-10,14H,2,5-8,11-12H2,1H3;1H/t19-;/m1./s1. The first kappa shape index (κ1) is 17.1. The van der Waals surface area contributed by atoms with E-state index in [0.29, 0.717) is 12.5 Å². The highest BCUT2D eigenvalue weighted by Crippen LogP contribution is 2.43. The smallest absolute Gasteiger partial charge is 0.415 e. The van der Waals surface area contributed by atoms with Gasteiger partial charge in [-0.3, -0.25) is 9.80 Å². The van der Waals surface area contributed by atoms with E-state index < -0.39 is 0 Å². The number of nitrogens with zero attached hydrogens (tertiary/aromatic N) is 2. The van der Waals surface area contributed by atoms with E-state index in [9.17, 15) is 4.79 Å². The van der Waals surface area contributed by atoms with Crippen LogP contribution in [0.2, 0.25) is 0 Å². The summed E-state index contributed by atoms with van der Waals surface area (Å²) in [6.45, 7) is 6.10. The van der Waals surface area contributed by atoms with E-state index in [0.717, 1.165) is 44.6 Å². The van der Waals surface area contributed by atoms with Gasteiger partial charge in [-0.1, -0.05) is 6.92 Å². The van der Waals surface area contributed by atoms with Gasteiger partial charge in [0, 0.05) is 27.7 Å². The van der Waals surface area contributed by atoms with Crippen molar-refractivity contribution in [1.82, 2.24) is 4.90 Å². The summed E-state index contributed by atoms with van der Waals surface area (Å²) in [5.41, 5.74) is 0.687. The molecule has 1 atom stereocenters. The van der Waals surface area contributed by atoms with E-state index in [1.165, 1.54) is 15.0 Å². The van der Waals surface area contributed by atoms with Crippen molar-refractivity contribution in [2.75, 3.05) is 31.1 Å². The number of carbonyl (C=O) groups excluding carboxylic acids is 1. The van der Waals surface area contributed by atoms with Crippen LogP contribution in [0.1, 0.15) is 24.6 Å². The topological polar surface area (TPSA) is 32.8 Å². The predicted molar refractivity (Wildman–Crippen MR) is 104 cm³/mol. The number of carbonyl (C=O) groups is 1. The Bertz CT molecular complexity index is 815. The Hall–Kier alpha value is -1.30. The Kier molecular flexibility index (Phi) is 4.21. The van der Waals surface area contributed by atoms with Crippen molar-refractivity contribution in [2.24, 2.45) is 5.92 Å². The van der Waals surface area contributed by atoms with Crippen molar-refractivity contribution in [2.45, 2.75) is 31.8 Å². The van der Waals surface area contributed by atoms with Gasteiger partial charge < -0.3 is 4.74 Å². The van der Waals surface area contributed by atoms with Crippen LogP contribution < -0.4 is 4.90 Å². The Morgan fingerprint density at radius 3 is 2.72 bits per heavy atom. The Morgan fingerprint density at radius 1 is 1.24 bits per heavy atom. The minimum absolute atomic E-state index is 0. The highest BCUT2D eigenvalue weighted by atomic mass is 35.5. The first-order valence-electron chi connectivity index (χ1n) is 8.92. The number of ether oxygens (including phenoxy) is 1. The van der Waals surface area contributed by atoms with Gasteiger partial charge in [0.05, 0.1) is 6.54 Å². The van der Waals surface area contributed by atoms with E-state index >= 15 is 0 Å². The summed E-state index contributed by atoms with van der Waals surface area (Å²) in [6, 6.07) is 8.60. The number of amides is 1. The largest absolute Gasteiger partial charge is 0.439 e. The van der Waals surface area contributed by atoms with Crippen LogP contribution in [0.3, 0.4) is 0 Å². The summed E-state index contributed by atoms with van der Waals surface area (Å²) in [5, 5.41) is 1.23. The Morgan fingerprint density at radius 2 is 2.04 bits per heavy atom. The van der Waals surface area contributed by atoms with Crippen molar-refractivity contribution in [3.63, 3.8) is 0 Å². The molecule has 2 aromatic rings. The number of hydrogen-bond acceptors (Lipinski definition) is 4. The predicted octanol–water partition coefficient (Wildman–Crippen LogP) is 4.31. The molecule has 0 radical (unpaired) electrons. The molecule has 2 bridgehead atoms. The zero-order valence-corrected chi connectivity index (χ0v) is 16.0. The molecule has 134 valence electrons. The van der Waals surface area contributed by atoms with E-state index in [4.69, 9.17) is 4.74 Å². The van der Waals surface area contributed by atoms with Gasteiger partial charge in [0.1, 0.15) is 5.60 Å². The third-order valence-corrected chi connectivity index (χ3v) is 7.23. The first-order valence-corrected chi connectivity index (χ1v) is 9.74. The minimum atomic E-state index is -0.286. The molecular weight excluding hydrogens is 356 g/mol. The molecule has 4 fully saturated rings. The molecule has 6 rings (SSSR count). The van der Waals surface area contributed by atoms with Gasteiger partial charge in [-0.15, -0.1) is 23.7 Å². The van der Waals surface area contributed by atoms with Gasteiger partial charge >= 0.3 is 6.09 Å². The quantitative estimate of drug-likeness (QED) is 0.780. The van der Waals surface area contributed by atoms with Gasteiger partial charge in [0.25, 0.3) is 0 Å². The molecule has 6 heteroatoms. The molecule has 4 nitrogen and oxygen atoms in total. The highest BCUT2D eigenvalue weighted by Gasteiger charge is 2.55. The molecule has 25 heavy (non-hydrogen) atoms. The molecule has 1 aromatic carbocycles. The molecule has 0 saturated carbocycles. The highest BCUT2D eigenvalue weighted by molar-refractivity contribution is 7.19. The van der Waals surface area contributed by atoms with Crippen molar-refractivity contribution in [3.05, 3.63) is 29.1 Å². The summed E-state index contributed by atoms with van der Waals surface area (Å²) in [6.07, 6.45) is 3.20. The van der Waals surface area contributed by atoms with Crippen molar-refractivity contribution >= 4 is 45.6 Å². The van der Waals surface area contributed by atoms with Gasteiger partial charge in [-0.05, 0) is 62.0 Å². The van der Waals surface area contributed by atoms with Gasteiger partial charge in [0.2, 0.25) is 0 Å². The number of aryl methyl sites for hydroxylation is 1. The third kappa shape index (κ3) is 2.64. The van der Waals surface area contributed by atoms with Crippen molar-refractivity contribution < 1.29 is 9.53 Å². The zero-order chi connectivity index (χ0) is 16.3. The van der Waals surface area contributed by atoms with Gasteiger partial charge in [-0.25, -0.2) is 4.79 Å². The Balaban J connectivity index is 0.00000157. The number of fused-ring (bicyclic) bond motifs is 3. The van der Waals surface area contributed by atoms with Crippen LogP contribution in [0.15, 0.2) is 24.3 Å². The molecule has 4 aliphatic rings. The number of hydrogen-bond donors (Lipinski definition) is 0. The maximum absolute atomic E-state index is 12.6. The number of benzene rings is 1. The average molecular weight is 379 g/mol. The number of anilines is 1. The number of piperidine rings is 3. The normalized spacial score (nSPS) is 30.8. The third-order valence-electron chi connectivity index (χ3n) is 5.97. The van der Waals surface area contributed by atoms with Crippen molar-refractivity contribution in [1.29, 1.82) is 0 Å². The fraction of sp³-hybridized carbons (Fsp3) is 0.526. The fourth-order valence-electron chi connectivity index (χ4n) is 4.64. The van der Waals surface area contributed by atoms with Crippen LogP contribution in [-0.4, -0.2) is 42.8 Å². The molecule has 0 aliphatic carbocycles. The van der Waals surface area contributed by atoms with E-state index in [2.05, 4.69) is 36.1 Å². The van der Waals surface area contributed by atoms with Crippen LogP contribution in [0.4, 0.5) is 10.5 Å². The van der Waals surface area contributed by atoms with Gasteiger partial charge in [0.15, 0.2) is 0 Å². The van der Waals surface area contributed by atoms with Crippen LogP contribution in [0.5, 0.6) is 0 Å². The minimum Gasteiger partial charge on any atom is -0.439 e. The summed E-state index contributed by atoms with van der Waals surface area (Å²) >= 11 is 1.84. The van der Waals surface area contributed by atoms with Gasteiger partial charge in [-0.2, -0.15) is 0 Å². The van der Waals surface area contributed by atoms with Crippen LogP contribution in [0.25, 0.3) is 10.1 Å². The SMILES string of the molecule is CCc1cc2cc(N3C[C@@]4(CN5CCC4CC5)OC3=O)ccc2s1.Cl. The lowest BCUT2D eigenvalue weighted by Gasteiger charge is -2.49. The van der Waals surface area contributed by atoms with Crippen LogP contribution in [0, 0.1) is 5.92 Å². The van der Waals surface area contributed by atoms with E-state index in [1.54, 1.807) is 0 Å². The fourth-order valence-corrected chi connectivity index (χ4v) is 5.62. The maximum Gasteiger partial charge on any atom is 0.415 e. The van der Waals surface area contributed by atoms with E-state index in [1.807, 2.05) is 16.2 Å². The molecule has 4 aliphatic heterocycles. The summed E-state index contributed by atoms with van der Waals surface area (Å²) in [5.74, 6) is 0.521. The summed E-state index contributed by atoms with van der Waals surface area (Å²) in [7, 11) is 0. The van der Waals surface area contributed by atoms with Crippen LogP contribution in [-0.2, 0) is 11.2 Å².